The number of carbonyl (C=O) groups excluding carboxylic acids is 1. The number of hydrogen-bond acceptors (Lipinski definition) is 2. The maximum Gasteiger partial charge on any atom is 0.196 e. The first-order valence-electron chi connectivity index (χ1n) is 5.58. The van der Waals surface area contributed by atoms with Crippen LogP contribution in [0.15, 0.2) is 42.7 Å². The lowest BCUT2D eigenvalue weighted by Gasteiger charge is -2.02. The normalized spacial score (nSPS) is 10.8. The molecule has 94 valence electrons. The Morgan fingerprint density at radius 2 is 2.11 bits per heavy atom. The van der Waals surface area contributed by atoms with Crippen LogP contribution in [-0.4, -0.2) is 15.8 Å². The molecule has 0 amide bonds. The van der Waals surface area contributed by atoms with Crippen molar-refractivity contribution in [2.45, 2.75) is 0 Å². The van der Waals surface area contributed by atoms with E-state index in [4.69, 9.17) is 0 Å². The number of aromatic nitrogens is 2. The molecule has 0 bridgehead atoms. The summed E-state index contributed by atoms with van der Waals surface area (Å²) in [7, 11) is 0. The zero-order valence-electron chi connectivity index (χ0n) is 9.65. The number of carbonyl (C=O) groups is 1. The summed E-state index contributed by atoms with van der Waals surface area (Å²) in [5.41, 5.74) is 1.71. The Balaban J connectivity index is 2.13. The minimum Gasteiger partial charge on any atom is -0.345 e. The Hall–Kier alpha value is -1.76. The number of ketones is 1. The average Bonchev–Trinajstić information content (AvgIpc) is 2.82. The van der Waals surface area contributed by atoms with Crippen LogP contribution >= 0.6 is 22.6 Å². The second-order valence-corrected chi connectivity index (χ2v) is 5.22. The van der Waals surface area contributed by atoms with Crippen molar-refractivity contribution >= 4 is 39.4 Å². The monoisotopic (exact) mass is 366 g/mol. The topological polar surface area (TPSA) is 45.8 Å². The summed E-state index contributed by atoms with van der Waals surface area (Å²) in [4.78, 5) is 19.6. The van der Waals surface area contributed by atoms with Crippen molar-refractivity contribution in [1.82, 2.24) is 9.97 Å². The number of nitrogens with zero attached hydrogens (tertiary/aromatic N) is 1. The van der Waals surface area contributed by atoms with Crippen molar-refractivity contribution < 1.29 is 9.18 Å². The van der Waals surface area contributed by atoms with Crippen molar-refractivity contribution in [2.75, 3.05) is 0 Å². The number of benzene rings is 1. The Morgan fingerprint density at radius 1 is 1.26 bits per heavy atom. The van der Waals surface area contributed by atoms with Gasteiger partial charge in [0.2, 0.25) is 0 Å². The SMILES string of the molecule is O=C(c1ccc(F)cc1I)c1c[nH]c2ncccc12. The molecule has 0 spiro atoms. The van der Waals surface area contributed by atoms with E-state index < -0.39 is 0 Å². The van der Waals surface area contributed by atoms with Gasteiger partial charge in [-0.2, -0.15) is 0 Å². The first-order valence-corrected chi connectivity index (χ1v) is 6.66. The largest absolute Gasteiger partial charge is 0.345 e. The smallest absolute Gasteiger partial charge is 0.196 e. The number of halogens is 2. The van der Waals surface area contributed by atoms with Gasteiger partial charge in [0.15, 0.2) is 5.78 Å². The fourth-order valence-corrected chi connectivity index (χ4v) is 2.68. The van der Waals surface area contributed by atoms with E-state index in [1.54, 1.807) is 18.5 Å². The molecule has 0 saturated carbocycles. The molecule has 2 heterocycles. The quantitative estimate of drug-likeness (QED) is 0.557. The number of fused-ring (bicyclic) bond motifs is 1. The number of rotatable bonds is 2. The molecule has 1 N–H and O–H groups in total. The molecular weight excluding hydrogens is 358 g/mol. The average molecular weight is 366 g/mol. The molecule has 19 heavy (non-hydrogen) atoms. The van der Waals surface area contributed by atoms with Crippen LogP contribution in [0.1, 0.15) is 15.9 Å². The minimum absolute atomic E-state index is 0.136. The van der Waals surface area contributed by atoms with Crippen LogP contribution in [0.4, 0.5) is 4.39 Å². The predicted octanol–water partition coefficient (Wildman–Crippen LogP) is 3.54. The summed E-state index contributed by atoms with van der Waals surface area (Å²) >= 11 is 1.96. The van der Waals surface area contributed by atoms with Crippen LogP contribution in [0.2, 0.25) is 0 Å². The lowest BCUT2D eigenvalue weighted by Crippen LogP contribution is -2.03. The number of nitrogens with one attached hydrogen (secondary N) is 1. The first kappa shape index (κ1) is 12.3. The van der Waals surface area contributed by atoms with Crippen LogP contribution in [0.3, 0.4) is 0 Å². The lowest BCUT2D eigenvalue weighted by molar-refractivity contribution is 0.103. The number of aromatic amines is 1. The Labute approximate surface area is 122 Å². The van der Waals surface area contributed by atoms with E-state index in [2.05, 4.69) is 9.97 Å². The molecule has 0 saturated heterocycles. The summed E-state index contributed by atoms with van der Waals surface area (Å²) in [5.74, 6) is -0.481. The maximum atomic E-state index is 13.1. The molecule has 5 heteroatoms. The van der Waals surface area contributed by atoms with Crippen molar-refractivity contribution in [3.63, 3.8) is 0 Å². The lowest BCUT2D eigenvalue weighted by atomic mass is 10.0. The third kappa shape index (κ3) is 2.14. The highest BCUT2D eigenvalue weighted by atomic mass is 127. The molecule has 1 aromatic carbocycles. The zero-order valence-corrected chi connectivity index (χ0v) is 11.8. The second kappa shape index (κ2) is 4.73. The van der Waals surface area contributed by atoms with Crippen molar-refractivity contribution in [1.29, 1.82) is 0 Å². The summed E-state index contributed by atoms with van der Waals surface area (Å²) in [6.07, 6.45) is 3.30. The third-order valence-electron chi connectivity index (χ3n) is 2.87. The molecule has 0 fully saturated rings. The molecule has 0 unspecified atom stereocenters. The van der Waals surface area contributed by atoms with Gasteiger partial charge < -0.3 is 4.98 Å². The Kier molecular flexibility index (Phi) is 3.06. The van der Waals surface area contributed by atoms with E-state index in [0.29, 0.717) is 20.3 Å². The van der Waals surface area contributed by atoms with Gasteiger partial charge >= 0.3 is 0 Å². The molecule has 0 aliphatic rings. The van der Waals surface area contributed by atoms with Crippen LogP contribution in [-0.2, 0) is 0 Å². The molecule has 3 rings (SSSR count). The highest BCUT2D eigenvalue weighted by molar-refractivity contribution is 14.1. The van der Waals surface area contributed by atoms with E-state index in [1.807, 2.05) is 28.7 Å². The molecule has 0 atom stereocenters. The Bertz CT molecular complexity index is 782. The van der Waals surface area contributed by atoms with Gasteiger partial charge in [0.1, 0.15) is 11.5 Å². The number of pyridine rings is 1. The van der Waals surface area contributed by atoms with E-state index in [0.717, 1.165) is 5.39 Å². The van der Waals surface area contributed by atoms with E-state index in [9.17, 15) is 9.18 Å². The van der Waals surface area contributed by atoms with Crippen LogP contribution in [0.25, 0.3) is 11.0 Å². The van der Waals surface area contributed by atoms with Crippen LogP contribution < -0.4 is 0 Å². The molecule has 0 aliphatic carbocycles. The first-order chi connectivity index (χ1) is 9.16. The molecule has 3 nitrogen and oxygen atoms in total. The third-order valence-corrected chi connectivity index (χ3v) is 3.76. The molecule has 0 radical (unpaired) electrons. The van der Waals surface area contributed by atoms with Gasteiger partial charge in [-0.1, -0.05) is 0 Å². The van der Waals surface area contributed by atoms with Crippen LogP contribution in [0.5, 0.6) is 0 Å². The number of H-pyrrole nitrogens is 1. The standard InChI is InChI=1S/C14H8FIN2O/c15-8-3-4-10(12(16)6-8)13(19)11-7-18-14-9(11)2-1-5-17-14/h1-7H,(H,17,18). The molecular formula is C14H8FIN2O. The fourth-order valence-electron chi connectivity index (χ4n) is 1.96. The summed E-state index contributed by atoms with van der Waals surface area (Å²) < 4.78 is 13.7. The summed E-state index contributed by atoms with van der Waals surface area (Å²) in [6.45, 7) is 0. The van der Waals surface area contributed by atoms with Crippen molar-refractivity contribution in [3.8, 4) is 0 Å². The van der Waals surface area contributed by atoms with E-state index in [-0.39, 0.29) is 11.6 Å². The zero-order chi connectivity index (χ0) is 13.4. The Morgan fingerprint density at radius 3 is 2.89 bits per heavy atom. The molecule has 2 aromatic heterocycles. The van der Waals surface area contributed by atoms with E-state index >= 15 is 0 Å². The minimum atomic E-state index is -0.346. The summed E-state index contributed by atoms with van der Waals surface area (Å²) in [6, 6.07) is 7.77. The molecule has 0 aliphatic heterocycles. The van der Waals surface area contributed by atoms with Gasteiger partial charge in [-0.05, 0) is 52.9 Å². The predicted molar refractivity (Wildman–Crippen MR) is 78.6 cm³/mol. The van der Waals surface area contributed by atoms with Gasteiger partial charge in [-0.15, -0.1) is 0 Å². The maximum absolute atomic E-state index is 13.1. The highest BCUT2D eigenvalue weighted by Gasteiger charge is 2.17. The second-order valence-electron chi connectivity index (χ2n) is 4.06. The van der Waals surface area contributed by atoms with Crippen molar-refractivity contribution in [3.05, 3.63) is 63.2 Å². The summed E-state index contributed by atoms with van der Waals surface area (Å²) in [5, 5.41) is 0.771. The van der Waals surface area contributed by atoms with Gasteiger partial charge in [-0.3, -0.25) is 4.79 Å². The van der Waals surface area contributed by atoms with Crippen LogP contribution in [0, 0.1) is 9.39 Å². The van der Waals surface area contributed by atoms with Gasteiger partial charge in [-0.25, -0.2) is 9.37 Å². The molecule has 3 aromatic rings. The van der Waals surface area contributed by atoms with E-state index in [1.165, 1.54) is 18.2 Å². The fraction of sp³-hybridized carbons (Fsp3) is 0. The van der Waals surface area contributed by atoms with Crippen molar-refractivity contribution in [2.24, 2.45) is 0 Å². The highest BCUT2D eigenvalue weighted by Crippen LogP contribution is 2.22. The van der Waals surface area contributed by atoms with Gasteiger partial charge in [0.25, 0.3) is 0 Å². The number of hydrogen-bond donors (Lipinski definition) is 1. The van der Waals surface area contributed by atoms with Gasteiger partial charge in [0, 0.05) is 32.5 Å². The van der Waals surface area contributed by atoms with Gasteiger partial charge in [0.05, 0.1) is 0 Å².